The predicted octanol–water partition coefficient (Wildman–Crippen LogP) is 5.06. The largest absolute Gasteiger partial charge is 0.486 e. The molecule has 0 fully saturated rings. The smallest absolute Gasteiger partial charge is 0.407 e. The van der Waals surface area contributed by atoms with Gasteiger partial charge in [-0.05, 0) is 50.1 Å². The summed E-state index contributed by atoms with van der Waals surface area (Å²) in [7, 11) is 0. The maximum Gasteiger partial charge on any atom is 0.407 e. The zero-order valence-electron chi connectivity index (χ0n) is 23.0. The van der Waals surface area contributed by atoms with E-state index in [0.29, 0.717) is 49.2 Å². The van der Waals surface area contributed by atoms with Gasteiger partial charge in [-0.2, -0.15) is 0 Å². The highest BCUT2D eigenvalue weighted by atomic mass is 16.7. The molecule has 3 heterocycles. The predicted molar refractivity (Wildman–Crippen MR) is 138 cm³/mol. The average molecular weight is 526 g/mol. The third-order valence-corrected chi connectivity index (χ3v) is 6.99. The Kier molecular flexibility index (Phi) is 5.31. The van der Waals surface area contributed by atoms with Crippen molar-refractivity contribution in [1.29, 1.82) is 0 Å². The van der Waals surface area contributed by atoms with Crippen LogP contribution in [0.25, 0.3) is 0 Å². The molecule has 1 aliphatic carbocycles. The van der Waals surface area contributed by atoms with Gasteiger partial charge in [0.15, 0.2) is 23.0 Å². The van der Waals surface area contributed by atoms with Crippen molar-refractivity contribution in [1.82, 2.24) is 5.32 Å². The minimum Gasteiger partial charge on any atom is -0.486 e. The van der Waals surface area contributed by atoms with E-state index >= 15 is 0 Å². The number of rotatable bonds is 4. The normalized spacial score (nSPS) is 24.7. The van der Waals surface area contributed by atoms with Crippen LogP contribution in [0.2, 0.25) is 0 Å². The molecule has 204 valence electrons. The SMILES string of the molecule is CC(C)(C)OC(=O)NCCOC12COc3c(ccc4c3OC(C)(C)O4)C1c1cc3c(cc1C2)OC(C)(C)O3. The standard InChI is InChI=1S/C29H35NO8/c1-26(2,3)38-25(31)30-10-11-33-29-14-16-12-20-21(36-27(4,5)35-20)13-18(16)22(29)17-8-9-19-24(23(17)32-15-29)37-28(6,7)34-19/h8-9,12-13,22H,10-11,14-15H2,1-7H3,(H,30,31). The van der Waals surface area contributed by atoms with Crippen molar-refractivity contribution in [3.05, 3.63) is 41.0 Å². The Bertz CT molecular complexity index is 1310. The van der Waals surface area contributed by atoms with Crippen molar-refractivity contribution >= 4 is 6.09 Å². The fourth-order valence-corrected chi connectivity index (χ4v) is 5.78. The van der Waals surface area contributed by atoms with Crippen LogP contribution in [0.4, 0.5) is 4.79 Å². The lowest BCUT2D eigenvalue weighted by molar-refractivity contribution is -0.0856. The van der Waals surface area contributed by atoms with Crippen LogP contribution in [0.5, 0.6) is 28.7 Å². The summed E-state index contributed by atoms with van der Waals surface area (Å²) in [5, 5.41) is 2.78. The number of carbonyl (C=O) groups excluding carboxylic acids is 1. The van der Waals surface area contributed by atoms with Crippen molar-refractivity contribution in [3.63, 3.8) is 0 Å². The van der Waals surface area contributed by atoms with Gasteiger partial charge in [0.25, 0.3) is 0 Å². The van der Waals surface area contributed by atoms with Crippen molar-refractivity contribution < 1.29 is 38.0 Å². The maximum atomic E-state index is 12.1. The second-order valence-electron chi connectivity index (χ2n) is 12.3. The summed E-state index contributed by atoms with van der Waals surface area (Å²) >= 11 is 0. The molecule has 0 saturated heterocycles. The third kappa shape index (κ3) is 4.26. The monoisotopic (exact) mass is 525 g/mol. The Balaban J connectivity index is 1.32. The molecule has 1 N–H and O–H groups in total. The zero-order valence-corrected chi connectivity index (χ0v) is 23.0. The Morgan fingerprint density at radius 2 is 1.63 bits per heavy atom. The first-order valence-corrected chi connectivity index (χ1v) is 13.1. The van der Waals surface area contributed by atoms with Gasteiger partial charge in [0.05, 0.1) is 6.61 Å². The molecule has 9 nitrogen and oxygen atoms in total. The number of amides is 1. The van der Waals surface area contributed by atoms with Gasteiger partial charge in [0.2, 0.25) is 17.3 Å². The molecule has 38 heavy (non-hydrogen) atoms. The van der Waals surface area contributed by atoms with Gasteiger partial charge in [0.1, 0.15) is 17.8 Å². The Morgan fingerprint density at radius 1 is 0.947 bits per heavy atom. The van der Waals surface area contributed by atoms with Crippen LogP contribution in [0.1, 0.15) is 71.1 Å². The van der Waals surface area contributed by atoms with E-state index in [-0.39, 0.29) is 5.92 Å². The van der Waals surface area contributed by atoms with Gasteiger partial charge in [-0.25, -0.2) is 4.79 Å². The number of hydrogen-bond acceptors (Lipinski definition) is 8. The summed E-state index contributed by atoms with van der Waals surface area (Å²) in [6, 6.07) is 8.08. The van der Waals surface area contributed by atoms with E-state index in [2.05, 4.69) is 17.4 Å². The van der Waals surface area contributed by atoms with E-state index < -0.39 is 28.9 Å². The van der Waals surface area contributed by atoms with Crippen LogP contribution >= 0.6 is 0 Å². The fraction of sp³-hybridized carbons (Fsp3) is 0.552. The summed E-state index contributed by atoms with van der Waals surface area (Å²) in [4.78, 5) is 12.1. The van der Waals surface area contributed by atoms with Gasteiger partial charge in [-0.3, -0.25) is 0 Å². The molecule has 2 aromatic carbocycles. The van der Waals surface area contributed by atoms with E-state index in [1.54, 1.807) is 0 Å². The van der Waals surface area contributed by atoms with Crippen molar-refractivity contribution in [3.8, 4) is 28.7 Å². The second-order valence-corrected chi connectivity index (χ2v) is 12.3. The number of ether oxygens (including phenoxy) is 7. The summed E-state index contributed by atoms with van der Waals surface area (Å²) < 4.78 is 42.5. The van der Waals surface area contributed by atoms with Crippen LogP contribution in [-0.4, -0.2) is 48.6 Å². The van der Waals surface area contributed by atoms with Crippen LogP contribution in [0, 0.1) is 0 Å². The molecular formula is C29H35NO8. The fourth-order valence-electron chi connectivity index (χ4n) is 5.78. The molecule has 0 spiro atoms. The first kappa shape index (κ1) is 25.0. The number of fused-ring (bicyclic) bond motifs is 8. The number of hydrogen-bond donors (Lipinski definition) is 1. The Hall–Kier alpha value is -3.33. The second kappa shape index (κ2) is 8.09. The lowest BCUT2D eigenvalue weighted by Gasteiger charge is -2.40. The minimum atomic E-state index is -0.773. The molecule has 3 aliphatic heterocycles. The van der Waals surface area contributed by atoms with Gasteiger partial charge >= 0.3 is 6.09 Å². The van der Waals surface area contributed by atoms with E-state index in [1.165, 1.54) is 0 Å². The van der Waals surface area contributed by atoms with Crippen molar-refractivity contribution in [2.45, 2.75) is 83.6 Å². The average Bonchev–Trinajstić information content (AvgIpc) is 3.38. The minimum absolute atomic E-state index is 0.141. The highest BCUT2D eigenvalue weighted by Crippen LogP contribution is 2.59. The van der Waals surface area contributed by atoms with Crippen molar-refractivity contribution in [2.75, 3.05) is 19.8 Å². The molecule has 0 saturated carbocycles. The molecule has 2 atom stereocenters. The van der Waals surface area contributed by atoms with Crippen LogP contribution < -0.4 is 29.0 Å². The Morgan fingerprint density at radius 3 is 2.37 bits per heavy atom. The lowest BCUT2D eigenvalue weighted by atomic mass is 9.80. The molecule has 0 radical (unpaired) electrons. The van der Waals surface area contributed by atoms with Crippen LogP contribution in [-0.2, 0) is 15.9 Å². The number of alkyl carbamates (subject to hydrolysis) is 1. The summed E-state index contributed by atoms with van der Waals surface area (Å²) in [5.41, 5.74) is 1.94. The molecule has 9 heteroatoms. The molecule has 6 rings (SSSR count). The third-order valence-electron chi connectivity index (χ3n) is 6.99. The highest BCUT2D eigenvalue weighted by Gasteiger charge is 2.54. The van der Waals surface area contributed by atoms with E-state index in [9.17, 15) is 4.79 Å². The van der Waals surface area contributed by atoms with Crippen LogP contribution in [0.15, 0.2) is 24.3 Å². The molecule has 0 bridgehead atoms. The number of carbonyl (C=O) groups is 1. The molecule has 0 aromatic heterocycles. The zero-order chi connectivity index (χ0) is 27.1. The van der Waals surface area contributed by atoms with Gasteiger partial charge in [0, 0.05) is 52.1 Å². The summed E-state index contributed by atoms with van der Waals surface area (Å²) in [6.07, 6.45) is 0.148. The number of benzene rings is 2. The topological polar surface area (TPSA) is 93.7 Å². The molecule has 2 aromatic rings. The molecule has 2 unspecified atom stereocenters. The highest BCUT2D eigenvalue weighted by molar-refractivity contribution is 5.67. The van der Waals surface area contributed by atoms with E-state index in [0.717, 1.165) is 22.4 Å². The van der Waals surface area contributed by atoms with Crippen molar-refractivity contribution in [2.24, 2.45) is 0 Å². The molecule has 1 amide bonds. The Labute approximate surface area is 222 Å². The molecule has 4 aliphatic rings. The van der Waals surface area contributed by atoms with Crippen LogP contribution in [0.3, 0.4) is 0 Å². The first-order valence-electron chi connectivity index (χ1n) is 13.1. The van der Waals surface area contributed by atoms with E-state index in [1.807, 2.05) is 60.6 Å². The van der Waals surface area contributed by atoms with Gasteiger partial charge in [-0.1, -0.05) is 6.07 Å². The quantitative estimate of drug-likeness (QED) is 0.554. The maximum absolute atomic E-state index is 12.1. The first-order chi connectivity index (χ1) is 17.7. The number of nitrogens with one attached hydrogen (secondary N) is 1. The lowest BCUT2D eigenvalue weighted by Crippen LogP contribution is -2.48. The van der Waals surface area contributed by atoms with E-state index in [4.69, 9.17) is 33.2 Å². The van der Waals surface area contributed by atoms with Gasteiger partial charge in [-0.15, -0.1) is 0 Å². The van der Waals surface area contributed by atoms with Gasteiger partial charge < -0.3 is 38.5 Å². The molecular weight excluding hydrogens is 490 g/mol. The summed E-state index contributed by atoms with van der Waals surface area (Å²) in [6.45, 7) is 13.9. The summed E-state index contributed by atoms with van der Waals surface area (Å²) in [5.74, 6) is 1.76.